The summed E-state index contributed by atoms with van der Waals surface area (Å²) in [6.45, 7) is 7.38. The molecule has 0 aromatic heterocycles. The van der Waals surface area contributed by atoms with E-state index in [1.54, 1.807) is 25.7 Å². The number of hydrogen-bond donors (Lipinski definition) is 0. The van der Waals surface area contributed by atoms with Crippen molar-refractivity contribution in [2.24, 2.45) is 34.0 Å². The molecule has 0 bridgehead atoms. The lowest BCUT2D eigenvalue weighted by Crippen LogP contribution is -2.28. The highest BCUT2D eigenvalue weighted by molar-refractivity contribution is 5.58. The lowest BCUT2D eigenvalue weighted by molar-refractivity contribution is 0.134. The van der Waals surface area contributed by atoms with E-state index >= 15 is 0 Å². The highest BCUT2D eigenvalue weighted by Crippen LogP contribution is 3.16. The molecule has 0 saturated heterocycles. The summed E-state index contributed by atoms with van der Waals surface area (Å²) in [6.07, 6.45) is 10.9. The van der Waals surface area contributed by atoms with Crippen molar-refractivity contribution in [2.45, 2.75) is 65.7 Å². The molecular weight excluding hydrogens is 192 g/mol. The van der Waals surface area contributed by atoms with Crippen LogP contribution in [0.4, 0.5) is 0 Å². The van der Waals surface area contributed by atoms with Gasteiger partial charge in [0.2, 0.25) is 0 Å². The van der Waals surface area contributed by atoms with Crippen molar-refractivity contribution in [3.63, 3.8) is 0 Å². The highest BCUT2D eigenvalue weighted by Gasteiger charge is 3.11. The van der Waals surface area contributed by atoms with E-state index in [2.05, 4.69) is 20.8 Å². The predicted molar refractivity (Wildman–Crippen MR) is 67.1 cm³/mol. The second-order valence-corrected chi connectivity index (χ2v) is 7.86. The van der Waals surface area contributed by atoms with Gasteiger partial charge in [0.15, 0.2) is 0 Å². The molecule has 0 radical (unpaired) electrons. The normalized spacial score (nSPS) is 60.8. The maximum Gasteiger partial charge on any atom is -0.0131 e. The van der Waals surface area contributed by atoms with Crippen LogP contribution in [0.15, 0.2) is 0 Å². The molecule has 0 aliphatic heterocycles. The molecule has 4 saturated carbocycles. The van der Waals surface area contributed by atoms with Crippen molar-refractivity contribution in [1.29, 1.82) is 0 Å². The van der Waals surface area contributed by atoms with Crippen molar-refractivity contribution in [3.8, 4) is 0 Å². The standard InChI is InChI=1S/C16H26/c1-11(2)7-9-15-12(3)6-4-5-8-14-10-16(14,15)13(14)15/h11-13H,4-10H2,1-3H3. The molecule has 16 heavy (non-hydrogen) atoms. The Hall–Kier alpha value is 0. The zero-order chi connectivity index (χ0) is 11.2. The number of rotatable bonds is 3. The molecule has 0 N–H and O–H groups in total. The van der Waals surface area contributed by atoms with Gasteiger partial charge in [-0.25, -0.2) is 0 Å². The molecule has 1 spiro atoms. The van der Waals surface area contributed by atoms with E-state index in [0.717, 1.165) is 28.1 Å². The maximum absolute atomic E-state index is 2.58. The quantitative estimate of drug-likeness (QED) is 0.647. The lowest BCUT2D eigenvalue weighted by atomic mass is 9.69. The van der Waals surface area contributed by atoms with E-state index in [-0.39, 0.29) is 0 Å². The van der Waals surface area contributed by atoms with Gasteiger partial charge in [-0.2, -0.15) is 0 Å². The Morgan fingerprint density at radius 1 is 1.25 bits per heavy atom. The average Bonchev–Trinajstić information content (AvgIpc) is 3.08. The molecule has 0 heterocycles. The Bertz CT molecular complexity index is 340. The molecule has 90 valence electrons. The van der Waals surface area contributed by atoms with E-state index in [1.165, 1.54) is 25.2 Å². The molecule has 0 aromatic carbocycles. The Labute approximate surface area is 100 Å². The van der Waals surface area contributed by atoms with Crippen LogP contribution in [-0.4, -0.2) is 0 Å². The molecule has 4 aliphatic carbocycles. The predicted octanol–water partition coefficient (Wildman–Crippen LogP) is 4.64. The molecule has 0 amide bonds. The summed E-state index contributed by atoms with van der Waals surface area (Å²) in [6, 6.07) is 0. The van der Waals surface area contributed by atoms with Gasteiger partial charge in [0.1, 0.15) is 0 Å². The first-order chi connectivity index (χ1) is 7.62. The Morgan fingerprint density at radius 2 is 2.00 bits per heavy atom. The van der Waals surface area contributed by atoms with Gasteiger partial charge in [-0.15, -0.1) is 0 Å². The molecule has 4 rings (SSSR count). The van der Waals surface area contributed by atoms with Gasteiger partial charge in [-0.1, -0.05) is 46.5 Å². The molecule has 5 atom stereocenters. The topological polar surface area (TPSA) is 0 Å². The molecule has 0 heteroatoms. The van der Waals surface area contributed by atoms with Crippen LogP contribution < -0.4 is 0 Å². The largest absolute Gasteiger partial charge is 0.0628 e. The molecule has 0 nitrogen and oxygen atoms in total. The highest BCUT2D eigenvalue weighted by atomic mass is 15.1. The van der Waals surface area contributed by atoms with E-state index in [4.69, 9.17) is 0 Å². The zero-order valence-electron chi connectivity index (χ0n) is 11.2. The third-order valence-electron chi connectivity index (χ3n) is 7.11. The summed E-state index contributed by atoms with van der Waals surface area (Å²) in [5.74, 6) is 3.19. The summed E-state index contributed by atoms with van der Waals surface area (Å²) in [5, 5.41) is 0. The van der Waals surface area contributed by atoms with Crippen LogP contribution in [0, 0.1) is 34.0 Å². The van der Waals surface area contributed by atoms with E-state index in [0.29, 0.717) is 0 Å². The van der Waals surface area contributed by atoms with Crippen LogP contribution in [0.5, 0.6) is 0 Å². The third kappa shape index (κ3) is 0.754. The van der Waals surface area contributed by atoms with Crippen LogP contribution in [0.2, 0.25) is 0 Å². The van der Waals surface area contributed by atoms with Crippen LogP contribution in [0.25, 0.3) is 0 Å². The first-order valence-electron chi connectivity index (χ1n) is 7.62. The first-order valence-corrected chi connectivity index (χ1v) is 7.62. The Kier molecular flexibility index (Phi) is 1.59. The number of fused-ring (bicyclic) bond motifs is 1. The van der Waals surface area contributed by atoms with Gasteiger partial charge < -0.3 is 0 Å². The summed E-state index contributed by atoms with van der Waals surface area (Å²) in [5.41, 5.74) is 2.78. The molecule has 4 fully saturated rings. The second kappa shape index (κ2) is 2.54. The van der Waals surface area contributed by atoms with Crippen molar-refractivity contribution < 1.29 is 0 Å². The van der Waals surface area contributed by atoms with Crippen LogP contribution in [0.1, 0.15) is 65.7 Å². The molecule has 0 aromatic rings. The monoisotopic (exact) mass is 218 g/mol. The first kappa shape index (κ1) is 9.97. The summed E-state index contributed by atoms with van der Waals surface area (Å²) >= 11 is 0. The molecular formula is C16H26. The Morgan fingerprint density at radius 3 is 2.69 bits per heavy atom. The van der Waals surface area contributed by atoms with Crippen molar-refractivity contribution in [3.05, 3.63) is 0 Å². The van der Waals surface area contributed by atoms with Gasteiger partial charge in [0, 0.05) is 0 Å². The minimum absolute atomic E-state index is 0.873. The van der Waals surface area contributed by atoms with Gasteiger partial charge in [0.25, 0.3) is 0 Å². The third-order valence-corrected chi connectivity index (χ3v) is 7.11. The van der Waals surface area contributed by atoms with Gasteiger partial charge >= 0.3 is 0 Å². The van der Waals surface area contributed by atoms with Crippen LogP contribution >= 0.6 is 0 Å². The minimum Gasteiger partial charge on any atom is -0.0628 e. The van der Waals surface area contributed by atoms with Gasteiger partial charge in [-0.05, 0) is 53.3 Å². The van der Waals surface area contributed by atoms with Crippen LogP contribution in [-0.2, 0) is 0 Å². The smallest absolute Gasteiger partial charge is 0.0131 e. The average molecular weight is 218 g/mol. The summed E-state index contributed by atoms with van der Waals surface area (Å²) in [4.78, 5) is 0. The lowest BCUT2D eigenvalue weighted by Gasteiger charge is -2.35. The number of hydrogen-bond acceptors (Lipinski definition) is 0. The van der Waals surface area contributed by atoms with Crippen molar-refractivity contribution >= 4 is 0 Å². The maximum atomic E-state index is 2.58. The second-order valence-electron chi connectivity index (χ2n) is 7.86. The fourth-order valence-corrected chi connectivity index (χ4v) is 6.33. The summed E-state index contributed by atoms with van der Waals surface area (Å²) in [7, 11) is 0. The van der Waals surface area contributed by atoms with E-state index < -0.39 is 0 Å². The van der Waals surface area contributed by atoms with Crippen LogP contribution in [0.3, 0.4) is 0 Å². The summed E-state index contributed by atoms with van der Waals surface area (Å²) < 4.78 is 0. The Balaban J connectivity index is 1.55. The van der Waals surface area contributed by atoms with Gasteiger partial charge in [0.05, 0.1) is 0 Å². The zero-order valence-corrected chi connectivity index (χ0v) is 11.2. The van der Waals surface area contributed by atoms with E-state index in [9.17, 15) is 0 Å². The van der Waals surface area contributed by atoms with Crippen molar-refractivity contribution in [2.75, 3.05) is 0 Å². The molecule has 4 aliphatic rings. The SMILES string of the molecule is CC(C)CCC12C(C)CCCCC34CC31C42. The van der Waals surface area contributed by atoms with E-state index in [1.807, 2.05) is 0 Å². The fraction of sp³-hybridized carbons (Fsp3) is 1.00. The minimum atomic E-state index is 0.873. The van der Waals surface area contributed by atoms with Gasteiger partial charge in [-0.3, -0.25) is 0 Å². The fourth-order valence-electron chi connectivity index (χ4n) is 6.33. The molecule has 5 unspecified atom stereocenters. The van der Waals surface area contributed by atoms with Crippen molar-refractivity contribution in [1.82, 2.24) is 0 Å².